The van der Waals surface area contributed by atoms with Crippen molar-refractivity contribution in [2.45, 2.75) is 32.5 Å². The van der Waals surface area contributed by atoms with Gasteiger partial charge in [0.2, 0.25) is 6.10 Å². The summed E-state index contributed by atoms with van der Waals surface area (Å²) >= 11 is 0. The summed E-state index contributed by atoms with van der Waals surface area (Å²) in [6.45, 7) is 3.16. The van der Waals surface area contributed by atoms with Gasteiger partial charge in [-0.15, -0.1) is 0 Å². The standard InChI is InChI=1S/C13H15NO5/c1-7-4-11(13(17)18-7)19-12(16)10-5-9(8(2)15)6-14(10)3/h5-7,11H,4H2,1-3H3/t7-,11+/m0/s1. The maximum absolute atomic E-state index is 11.9. The first-order chi connectivity index (χ1) is 8.88. The molecule has 2 rings (SSSR count). The molecule has 2 atom stereocenters. The lowest BCUT2D eigenvalue weighted by Gasteiger charge is -2.08. The number of rotatable bonds is 3. The molecule has 0 spiro atoms. The van der Waals surface area contributed by atoms with Crippen molar-refractivity contribution in [3.8, 4) is 0 Å². The van der Waals surface area contributed by atoms with Crippen LogP contribution in [-0.2, 0) is 21.3 Å². The van der Waals surface area contributed by atoms with E-state index < -0.39 is 18.0 Å². The molecule has 19 heavy (non-hydrogen) atoms. The molecule has 102 valence electrons. The van der Waals surface area contributed by atoms with E-state index in [4.69, 9.17) is 9.47 Å². The Morgan fingerprint density at radius 3 is 2.63 bits per heavy atom. The van der Waals surface area contributed by atoms with Crippen LogP contribution in [0, 0.1) is 0 Å². The van der Waals surface area contributed by atoms with E-state index in [1.165, 1.54) is 17.6 Å². The van der Waals surface area contributed by atoms with Crippen LogP contribution in [0.4, 0.5) is 0 Å². The molecule has 0 N–H and O–H groups in total. The number of carbonyl (C=O) groups is 3. The summed E-state index contributed by atoms with van der Waals surface area (Å²) in [6.07, 6.45) is 0.799. The number of carbonyl (C=O) groups excluding carboxylic acids is 3. The Morgan fingerprint density at radius 2 is 2.16 bits per heavy atom. The first-order valence-electron chi connectivity index (χ1n) is 5.97. The number of Topliss-reactive ketones (excluding diaryl/α,β-unsaturated/α-hetero) is 1. The summed E-state index contributed by atoms with van der Waals surface area (Å²) < 4.78 is 11.5. The number of ether oxygens (including phenoxy) is 2. The Bertz CT molecular complexity index is 545. The highest BCUT2D eigenvalue weighted by molar-refractivity contribution is 5.98. The Hall–Kier alpha value is -2.11. The van der Waals surface area contributed by atoms with E-state index >= 15 is 0 Å². The SMILES string of the molecule is CC(=O)c1cc(C(=O)O[C@@H]2C[C@H](C)OC2=O)n(C)c1. The number of aromatic nitrogens is 1. The van der Waals surface area contributed by atoms with Crippen LogP contribution in [-0.4, -0.2) is 34.5 Å². The highest BCUT2D eigenvalue weighted by Gasteiger charge is 2.35. The zero-order valence-corrected chi connectivity index (χ0v) is 11.0. The fourth-order valence-corrected chi connectivity index (χ4v) is 1.97. The molecule has 6 nitrogen and oxygen atoms in total. The molecule has 0 aromatic carbocycles. The average molecular weight is 265 g/mol. The molecule has 0 unspecified atom stereocenters. The lowest BCUT2D eigenvalue weighted by atomic mass is 10.2. The third-order valence-corrected chi connectivity index (χ3v) is 3.00. The summed E-state index contributed by atoms with van der Waals surface area (Å²) in [4.78, 5) is 34.6. The monoisotopic (exact) mass is 265 g/mol. The summed E-state index contributed by atoms with van der Waals surface area (Å²) in [5.41, 5.74) is 0.661. The number of cyclic esters (lactones) is 1. The Labute approximate surface area is 110 Å². The molecule has 1 aromatic heterocycles. The van der Waals surface area contributed by atoms with Crippen LogP contribution in [0.2, 0.25) is 0 Å². The average Bonchev–Trinajstić information content (AvgIpc) is 2.83. The lowest BCUT2D eigenvalue weighted by Crippen LogP contribution is -2.23. The highest BCUT2D eigenvalue weighted by atomic mass is 16.6. The molecule has 1 fully saturated rings. The van der Waals surface area contributed by atoms with Crippen LogP contribution in [0.3, 0.4) is 0 Å². The first kappa shape index (κ1) is 13.3. The molecule has 1 saturated heterocycles. The van der Waals surface area contributed by atoms with Crippen molar-refractivity contribution in [2.24, 2.45) is 7.05 Å². The highest BCUT2D eigenvalue weighted by Crippen LogP contribution is 2.19. The van der Waals surface area contributed by atoms with Gasteiger partial charge in [-0.1, -0.05) is 0 Å². The van der Waals surface area contributed by atoms with Crippen LogP contribution in [0.1, 0.15) is 41.1 Å². The maximum atomic E-state index is 11.9. The van der Waals surface area contributed by atoms with Crippen molar-refractivity contribution in [3.63, 3.8) is 0 Å². The number of hydrogen-bond donors (Lipinski definition) is 0. The third-order valence-electron chi connectivity index (χ3n) is 3.00. The summed E-state index contributed by atoms with van der Waals surface area (Å²) in [7, 11) is 1.64. The van der Waals surface area contributed by atoms with Gasteiger partial charge in [-0.3, -0.25) is 4.79 Å². The fraction of sp³-hybridized carbons (Fsp3) is 0.462. The molecule has 6 heteroatoms. The molecular weight excluding hydrogens is 250 g/mol. The van der Waals surface area contributed by atoms with Gasteiger partial charge in [-0.25, -0.2) is 9.59 Å². The van der Waals surface area contributed by atoms with E-state index in [9.17, 15) is 14.4 Å². The maximum Gasteiger partial charge on any atom is 0.355 e. The van der Waals surface area contributed by atoms with Gasteiger partial charge in [-0.2, -0.15) is 0 Å². The van der Waals surface area contributed by atoms with E-state index in [0.717, 1.165) is 0 Å². The van der Waals surface area contributed by atoms with E-state index in [1.807, 2.05) is 0 Å². The molecule has 0 aliphatic carbocycles. The number of hydrogen-bond acceptors (Lipinski definition) is 5. The minimum absolute atomic E-state index is 0.136. The topological polar surface area (TPSA) is 74.6 Å². The molecule has 0 saturated carbocycles. The third kappa shape index (κ3) is 2.67. The van der Waals surface area contributed by atoms with Crippen molar-refractivity contribution in [3.05, 3.63) is 23.5 Å². The van der Waals surface area contributed by atoms with Gasteiger partial charge >= 0.3 is 11.9 Å². The van der Waals surface area contributed by atoms with E-state index in [1.54, 1.807) is 20.2 Å². The van der Waals surface area contributed by atoms with Gasteiger partial charge in [0.05, 0.1) is 0 Å². The fourth-order valence-electron chi connectivity index (χ4n) is 1.97. The first-order valence-corrected chi connectivity index (χ1v) is 5.97. The summed E-state index contributed by atoms with van der Waals surface area (Å²) in [5.74, 6) is -1.29. The zero-order chi connectivity index (χ0) is 14.2. The lowest BCUT2D eigenvalue weighted by molar-refractivity contribution is -0.147. The predicted octanol–water partition coefficient (Wildman–Crippen LogP) is 1.09. The van der Waals surface area contributed by atoms with Crippen molar-refractivity contribution in [1.82, 2.24) is 4.57 Å². The second kappa shape index (κ2) is 4.87. The molecule has 2 heterocycles. The van der Waals surface area contributed by atoms with E-state index in [2.05, 4.69) is 0 Å². The summed E-state index contributed by atoms with van der Waals surface area (Å²) in [6, 6.07) is 1.45. The van der Waals surface area contributed by atoms with Gasteiger partial charge < -0.3 is 14.0 Å². The van der Waals surface area contributed by atoms with Crippen LogP contribution >= 0.6 is 0 Å². The Balaban J connectivity index is 2.12. The normalized spacial score (nSPS) is 22.2. The minimum Gasteiger partial charge on any atom is -0.460 e. The van der Waals surface area contributed by atoms with Crippen LogP contribution in [0.25, 0.3) is 0 Å². The number of ketones is 1. The van der Waals surface area contributed by atoms with Crippen molar-refractivity contribution in [1.29, 1.82) is 0 Å². The van der Waals surface area contributed by atoms with Gasteiger partial charge in [-0.05, 0) is 19.9 Å². The van der Waals surface area contributed by atoms with Gasteiger partial charge in [0, 0.05) is 25.2 Å². The van der Waals surface area contributed by atoms with Crippen molar-refractivity contribution >= 4 is 17.7 Å². The number of esters is 2. The smallest absolute Gasteiger partial charge is 0.355 e. The molecule has 1 aliphatic rings. The van der Waals surface area contributed by atoms with Crippen LogP contribution < -0.4 is 0 Å². The van der Waals surface area contributed by atoms with Crippen LogP contribution in [0.5, 0.6) is 0 Å². The predicted molar refractivity (Wildman–Crippen MR) is 64.8 cm³/mol. The Kier molecular flexibility index (Phi) is 3.42. The minimum atomic E-state index is -0.863. The molecule has 0 radical (unpaired) electrons. The number of aryl methyl sites for hydroxylation is 1. The van der Waals surface area contributed by atoms with Gasteiger partial charge in [0.15, 0.2) is 5.78 Å². The van der Waals surface area contributed by atoms with Gasteiger partial charge in [0.25, 0.3) is 0 Å². The number of nitrogens with zero attached hydrogens (tertiary/aromatic N) is 1. The largest absolute Gasteiger partial charge is 0.460 e. The van der Waals surface area contributed by atoms with Crippen molar-refractivity contribution < 1.29 is 23.9 Å². The molecule has 1 aliphatic heterocycles. The van der Waals surface area contributed by atoms with E-state index in [0.29, 0.717) is 12.0 Å². The molecule has 0 amide bonds. The van der Waals surface area contributed by atoms with Gasteiger partial charge in [0.1, 0.15) is 11.8 Å². The second-order valence-electron chi connectivity index (χ2n) is 4.66. The Morgan fingerprint density at radius 1 is 1.47 bits per heavy atom. The van der Waals surface area contributed by atoms with Crippen molar-refractivity contribution in [2.75, 3.05) is 0 Å². The van der Waals surface area contributed by atoms with E-state index in [-0.39, 0.29) is 17.6 Å². The molecule has 1 aromatic rings. The molecule has 0 bridgehead atoms. The second-order valence-corrected chi connectivity index (χ2v) is 4.66. The quantitative estimate of drug-likeness (QED) is 0.604. The van der Waals surface area contributed by atoms with Crippen LogP contribution in [0.15, 0.2) is 12.3 Å². The zero-order valence-electron chi connectivity index (χ0n) is 11.0. The molecular formula is C13H15NO5. The summed E-state index contributed by atoms with van der Waals surface area (Å²) in [5, 5.41) is 0.